The number of rotatable bonds is 5. The third kappa shape index (κ3) is 4.65. The fourth-order valence-electron chi connectivity index (χ4n) is 3.60. The molecular weight excluding hydrogens is 394 g/mol. The second-order valence-corrected chi connectivity index (χ2v) is 7.14. The fraction of sp³-hybridized carbons (Fsp3) is 0.174. The standard InChI is InChI=1S/C23H23N5O3/c29-22(25-31)10-8-18-5-1-2-6-20(18)26-13-15-28(16-14-26)23(30)19-7-9-21(24-17-19)27-11-3-4-12-27/h1-12,17,31H,13-16H2,(H,25,29). The van der Waals surface area contributed by atoms with Crippen molar-refractivity contribution in [2.24, 2.45) is 0 Å². The van der Waals surface area contributed by atoms with Gasteiger partial charge in [0.1, 0.15) is 5.82 Å². The zero-order chi connectivity index (χ0) is 21.6. The number of pyridine rings is 1. The minimum absolute atomic E-state index is 0.0287. The molecule has 0 saturated carbocycles. The molecule has 3 aromatic rings. The molecule has 0 bridgehead atoms. The van der Waals surface area contributed by atoms with Gasteiger partial charge in [0.15, 0.2) is 0 Å². The van der Waals surface area contributed by atoms with Crippen LogP contribution in [-0.2, 0) is 4.79 Å². The van der Waals surface area contributed by atoms with Gasteiger partial charge in [-0.1, -0.05) is 18.2 Å². The highest BCUT2D eigenvalue weighted by molar-refractivity contribution is 5.94. The van der Waals surface area contributed by atoms with E-state index in [0.29, 0.717) is 31.7 Å². The van der Waals surface area contributed by atoms with Gasteiger partial charge in [0.05, 0.1) is 5.56 Å². The number of anilines is 1. The van der Waals surface area contributed by atoms with Gasteiger partial charge in [0, 0.05) is 56.5 Å². The first-order valence-electron chi connectivity index (χ1n) is 10.0. The summed E-state index contributed by atoms with van der Waals surface area (Å²) in [4.78, 5) is 32.6. The number of hydrogen-bond donors (Lipinski definition) is 2. The van der Waals surface area contributed by atoms with Crippen LogP contribution in [0.5, 0.6) is 0 Å². The SMILES string of the molecule is O=C(C=Cc1ccccc1N1CCN(C(=O)c2ccc(-n3cccc3)nc2)CC1)NO. The number of aromatic nitrogens is 2. The first kappa shape index (κ1) is 20.4. The quantitative estimate of drug-likeness (QED) is 0.378. The molecule has 0 atom stereocenters. The van der Waals surface area contributed by atoms with Crippen molar-refractivity contribution in [2.75, 3.05) is 31.1 Å². The molecule has 1 aromatic carbocycles. The van der Waals surface area contributed by atoms with Crippen molar-refractivity contribution in [3.63, 3.8) is 0 Å². The molecule has 158 valence electrons. The summed E-state index contributed by atoms with van der Waals surface area (Å²) in [5, 5.41) is 8.66. The molecule has 1 aliphatic heterocycles. The van der Waals surface area contributed by atoms with Gasteiger partial charge in [-0.15, -0.1) is 0 Å². The van der Waals surface area contributed by atoms with E-state index in [1.54, 1.807) is 17.8 Å². The predicted octanol–water partition coefficient (Wildman–Crippen LogP) is 2.35. The molecule has 0 aliphatic carbocycles. The largest absolute Gasteiger partial charge is 0.367 e. The van der Waals surface area contributed by atoms with Crippen LogP contribution in [0.2, 0.25) is 0 Å². The van der Waals surface area contributed by atoms with E-state index in [1.807, 2.05) is 70.4 Å². The molecule has 31 heavy (non-hydrogen) atoms. The fourth-order valence-corrected chi connectivity index (χ4v) is 3.60. The molecule has 0 radical (unpaired) electrons. The maximum absolute atomic E-state index is 12.9. The third-order valence-corrected chi connectivity index (χ3v) is 5.23. The first-order chi connectivity index (χ1) is 15.2. The van der Waals surface area contributed by atoms with Gasteiger partial charge in [-0.2, -0.15) is 0 Å². The van der Waals surface area contributed by atoms with E-state index < -0.39 is 5.91 Å². The van der Waals surface area contributed by atoms with Crippen LogP contribution in [0, 0.1) is 0 Å². The van der Waals surface area contributed by atoms with E-state index in [0.717, 1.165) is 17.1 Å². The molecule has 2 aromatic heterocycles. The Morgan fingerprint density at radius 3 is 2.39 bits per heavy atom. The summed E-state index contributed by atoms with van der Waals surface area (Å²) in [7, 11) is 0. The van der Waals surface area contributed by atoms with Gasteiger partial charge >= 0.3 is 0 Å². The van der Waals surface area contributed by atoms with Crippen LogP contribution in [0.4, 0.5) is 5.69 Å². The van der Waals surface area contributed by atoms with E-state index in [9.17, 15) is 9.59 Å². The number of amides is 2. The summed E-state index contributed by atoms with van der Waals surface area (Å²) in [6, 6.07) is 15.2. The van der Waals surface area contributed by atoms with E-state index in [-0.39, 0.29) is 5.91 Å². The van der Waals surface area contributed by atoms with Crippen molar-refractivity contribution >= 4 is 23.6 Å². The topological polar surface area (TPSA) is 90.7 Å². The molecule has 1 saturated heterocycles. The normalized spacial score (nSPS) is 14.1. The summed E-state index contributed by atoms with van der Waals surface area (Å²) in [6.45, 7) is 2.54. The van der Waals surface area contributed by atoms with E-state index in [4.69, 9.17) is 5.21 Å². The lowest BCUT2D eigenvalue weighted by atomic mass is 10.1. The van der Waals surface area contributed by atoms with Crippen LogP contribution in [-0.4, -0.2) is 57.7 Å². The molecule has 8 heteroatoms. The summed E-state index contributed by atoms with van der Waals surface area (Å²) < 4.78 is 1.89. The number of hydroxylamine groups is 1. The third-order valence-electron chi connectivity index (χ3n) is 5.23. The van der Waals surface area contributed by atoms with Gasteiger partial charge in [-0.25, -0.2) is 10.5 Å². The minimum Gasteiger partial charge on any atom is -0.367 e. The molecule has 0 unspecified atom stereocenters. The number of hydrogen-bond acceptors (Lipinski definition) is 5. The van der Waals surface area contributed by atoms with Gasteiger partial charge in [-0.05, 0) is 42.0 Å². The first-order valence-corrected chi connectivity index (χ1v) is 10.0. The Bertz CT molecular complexity index is 1070. The molecule has 1 aliphatic rings. The van der Waals surface area contributed by atoms with Gasteiger partial charge in [-0.3, -0.25) is 14.8 Å². The van der Waals surface area contributed by atoms with Crippen LogP contribution in [0.3, 0.4) is 0 Å². The average Bonchev–Trinajstić information content (AvgIpc) is 3.37. The van der Waals surface area contributed by atoms with Crippen molar-refractivity contribution in [2.45, 2.75) is 0 Å². The maximum atomic E-state index is 12.9. The van der Waals surface area contributed by atoms with Crippen LogP contribution in [0.15, 0.2) is 73.2 Å². The zero-order valence-corrected chi connectivity index (χ0v) is 16.9. The summed E-state index contributed by atoms with van der Waals surface area (Å²) in [5.74, 6) is 0.159. The molecular formula is C23H23N5O3. The number of nitrogens with one attached hydrogen (secondary N) is 1. The Labute approximate surface area is 180 Å². The summed E-state index contributed by atoms with van der Waals surface area (Å²) in [6.07, 6.45) is 8.38. The Hall–Kier alpha value is -3.91. The van der Waals surface area contributed by atoms with Crippen molar-refractivity contribution in [3.05, 3.63) is 84.3 Å². The number of benzene rings is 1. The van der Waals surface area contributed by atoms with E-state index in [1.165, 1.54) is 6.08 Å². The Kier molecular flexibility index (Phi) is 6.09. The molecule has 1 fully saturated rings. The Balaban J connectivity index is 1.40. The summed E-state index contributed by atoms with van der Waals surface area (Å²) >= 11 is 0. The zero-order valence-electron chi connectivity index (χ0n) is 16.9. The second kappa shape index (κ2) is 9.27. The maximum Gasteiger partial charge on any atom is 0.267 e. The monoisotopic (exact) mass is 417 g/mol. The highest BCUT2D eigenvalue weighted by Crippen LogP contribution is 2.23. The number of carbonyl (C=O) groups excluding carboxylic acids is 2. The van der Waals surface area contributed by atoms with Crippen LogP contribution >= 0.6 is 0 Å². The molecule has 4 rings (SSSR count). The van der Waals surface area contributed by atoms with Crippen molar-refractivity contribution in [1.29, 1.82) is 0 Å². The Morgan fingerprint density at radius 1 is 0.968 bits per heavy atom. The van der Waals surface area contributed by atoms with Crippen molar-refractivity contribution in [1.82, 2.24) is 19.9 Å². The number of nitrogens with zero attached hydrogens (tertiary/aromatic N) is 4. The highest BCUT2D eigenvalue weighted by Gasteiger charge is 2.23. The van der Waals surface area contributed by atoms with Crippen LogP contribution < -0.4 is 10.4 Å². The second-order valence-electron chi connectivity index (χ2n) is 7.14. The lowest BCUT2D eigenvalue weighted by Crippen LogP contribution is -2.49. The molecule has 3 heterocycles. The molecule has 2 N–H and O–H groups in total. The molecule has 2 amide bonds. The van der Waals surface area contributed by atoms with Crippen molar-refractivity contribution < 1.29 is 14.8 Å². The molecule has 8 nitrogen and oxygen atoms in total. The predicted molar refractivity (Wildman–Crippen MR) is 117 cm³/mol. The number of carbonyl (C=O) groups is 2. The van der Waals surface area contributed by atoms with Gasteiger partial charge < -0.3 is 14.4 Å². The molecule has 0 spiro atoms. The van der Waals surface area contributed by atoms with Crippen LogP contribution in [0.25, 0.3) is 11.9 Å². The van der Waals surface area contributed by atoms with Crippen LogP contribution in [0.1, 0.15) is 15.9 Å². The minimum atomic E-state index is -0.582. The lowest BCUT2D eigenvalue weighted by molar-refractivity contribution is -0.124. The average molecular weight is 417 g/mol. The van der Waals surface area contributed by atoms with E-state index >= 15 is 0 Å². The lowest BCUT2D eigenvalue weighted by Gasteiger charge is -2.36. The van der Waals surface area contributed by atoms with E-state index in [2.05, 4.69) is 9.88 Å². The smallest absolute Gasteiger partial charge is 0.267 e. The van der Waals surface area contributed by atoms with Gasteiger partial charge in [0.2, 0.25) is 0 Å². The Morgan fingerprint density at radius 2 is 1.71 bits per heavy atom. The summed E-state index contributed by atoms with van der Waals surface area (Å²) in [5.41, 5.74) is 4.01. The number of para-hydroxylation sites is 1. The van der Waals surface area contributed by atoms with Crippen molar-refractivity contribution in [3.8, 4) is 5.82 Å². The highest BCUT2D eigenvalue weighted by atomic mass is 16.5. The number of piperazine rings is 1. The van der Waals surface area contributed by atoms with Gasteiger partial charge in [0.25, 0.3) is 11.8 Å².